The smallest absolute Gasteiger partial charge is 0.152 e. The van der Waals surface area contributed by atoms with E-state index in [4.69, 9.17) is 21.9 Å². The summed E-state index contributed by atoms with van der Waals surface area (Å²) in [6, 6.07) is 7.99. The van der Waals surface area contributed by atoms with Crippen molar-refractivity contribution in [2.24, 2.45) is 23.6 Å². The van der Waals surface area contributed by atoms with Crippen LogP contribution in [0.25, 0.3) is 11.0 Å². The van der Waals surface area contributed by atoms with Gasteiger partial charge in [0.1, 0.15) is 5.76 Å². The van der Waals surface area contributed by atoms with Crippen LogP contribution in [0.4, 0.5) is 0 Å². The molecule has 0 amide bonds. The molecular weight excluding hydrogens is 284 g/mol. The normalized spacial score (nSPS) is 29.3. The van der Waals surface area contributed by atoms with Gasteiger partial charge in [-0.15, -0.1) is 0 Å². The van der Waals surface area contributed by atoms with Crippen LogP contribution in [0, 0.1) is 17.8 Å². The minimum absolute atomic E-state index is 0.0813. The van der Waals surface area contributed by atoms with Crippen molar-refractivity contribution in [3.63, 3.8) is 0 Å². The van der Waals surface area contributed by atoms with Crippen LogP contribution in [0.1, 0.15) is 43.9 Å². The molecule has 4 atom stereocenters. The summed E-state index contributed by atoms with van der Waals surface area (Å²) < 4.78 is 5.97. The minimum Gasteiger partial charge on any atom is -0.458 e. The van der Waals surface area contributed by atoms with Gasteiger partial charge >= 0.3 is 0 Å². The molecular formula is C17H21ClN2O. The highest BCUT2D eigenvalue weighted by atomic mass is 35.5. The van der Waals surface area contributed by atoms with Crippen molar-refractivity contribution >= 4 is 22.6 Å². The summed E-state index contributed by atoms with van der Waals surface area (Å²) in [5.74, 6) is 9.35. The molecule has 2 fully saturated rings. The number of furan rings is 1. The van der Waals surface area contributed by atoms with Crippen LogP contribution in [0.3, 0.4) is 0 Å². The van der Waals surface area contributed by atoms with Gasteiger partial charge in [0.05, 0.1) is 11.1 Å². The second kappa shape index (κ2) is 5.31. The number of halogens is 1. The number of benzene rings is 1. The van der Waals surface area contributed by atoms with Crippen molar-refractivity contribution in [1.82, 2.24) is 5.43 Å². The summed E-state index contributed by atoms with van der Waals surface area (Å²) in [4.78, 5) is 0. The standard InChI is InChI=1S/C17H21ClN2O/c18-14-3-1-2-12-9-16(21-17(12)14)15(20-19)8-13-7-10-4-5-11(13)6-10/h1-3,9-11,13,15,20H,4-8,19H2. The van der Waals surface area contributed by atoms with Crippen molar-refractivity contribution in [2.45, 2.75) is 38.1 Å². The Hall–Kier alpha value is -1.03. The largest absolute Gasteiger partial charge is 0.458 e. The lowest BCUT2D eigenvalue weighted by atomic mass is 9.84. The Labute approximate surface area is 129 Å². The van der Waals surface area contributed by atoms with E-state index in [2.05, 4.69) is 11.5 Å². The van der Waals surface area contributed by atoms with Crippen LogP contribution in [0.15, 0.2) is 28.7 Å². The first-order valence-corrected chi connectivity index (χ1v) is 8.26. The Kier molecular flexibility index (Phi) is 3.44. The second-order valence-corrected chi connectivity index (χ2v) is 7.10. The first-order valence-electron chi connectivity index (χ1n) is 7.88. The van der Waals surface area contributed by atoms with E-state index in [-0.39, 0.29) is 6.04 Å². The third kappa shape index (κ3) is 2.37. The zero-order valence-corrected chi connectivity index (χ0v) is 12.8. The van der Waals surface area contributed by atoms with Gasteiger partial charge in [-0.25, -0.2) is 5.43 Å². The van der Waals surface area contributed by atoms with Crippen molar-refractivity contribution in [1.29, 1.82) is 0 Å². The maximum absolute atomic E-state index is 6.19. The SMILES string of the molecule is NNC(CC1CC2CCC1C2)c1cc2cccc(Cl)c2o1. The highest BCUT2D eigenvalue weighted by Crippen LogP contribution is 2.51. The molecule has 2 saturated carbocycles. The van der Waals surface area contributed by atoms with Crippen LogP contribution in [0.2, 0.25) is 5.02 Å². The highest BCUT2D eigenvalue weighted by Gasteiger charge is 2.40. The topological polar surface area (TPSA) is 51.2 Å². The van der Waals surface area contributed by atoms with Crippen LogP contribution in [-0.2, 0) is 0 Å². The minimum atomic E-state index is 0.0813. The number of rotatable bonds is 4. The van der Waals surface area contributed by atoms with E-state index in [1.54, 1.807) is 0 Å². The molecule has 1 aromatic heterocycles. The van der Waals surface area contributed by atoms with E-state index in [0.717, 1.165) is 40.9 Å². The molecule has 3 nitrogen and oxygen atoms in total. The molecule has 0 aliphatic heterocycles. The quantitative estimate of drug-likeness (QED) is 0.649. The maximum Gasteiger partial charge on any atom is 0.152 e. The molecule has 4 unspecified atom stereocenters. The molecule has 2 aliphatic carbocycles. The Balaban J connectivity index is 1.58. The Morgan fingerprint density at radius 2 is 2.24 bits per heavy atom. The molecule has 3 N–H and O–H groups in total. The summed E-state index contributed by atoms with van der Waals surface area (Å²) in [7, 11) is 0. The highest BCUT2D eigenvalue weighted by molar-refractivity contribution is 6.34. The van der Waals surface area contributed by atoms with Gasteiger partial charge < -0.3 is 4.42 Å². The molecule has 0 spiro atoms. The fourth-order valence-corrected chi connectivity index (χ4v) is 4.67. The molecule has 112 valence electrons. The first kappa shape index (κ1) is 13.6. The fourth-order valence-electron chi connectivity index (χ4n) is 4.45. The van der Waals surface area contributed by atoms with Crippen LogP contribution in [0.5, 0.6) is 0 Å². The Bertz CT molecular complexity index is 653. The molecule has 21 heavy (non-hydrogen) atoms. The number of hydrazine groups is 1. The van der Waals surface area contributed by atoms with Gasteiger partial charge in [-0.3, -0.25) is 5.84 Å². The molecule has 4 heteroatoms. The zero-order valence-electron chi connectivity index (χ0n) is 12.0. The van der Waals surface area contributed by atoms with Crippen LogP contribution >= 0.6 is 11.6 Å². The van der Waals surface area contributed by atoms with E-state index in [9.17, 15) is 0 Å². The number of hydrogen-bond acceptors (Lipinski definition) is 3. The van der Waals surface area contributed by atoms with Crippen molar-refractivity contribution in [3.05, 3.63) is 35.0 Å². The van der Waals surface area contributed by atoms with Crippen LogP contribution < -0.4 is 11.3 Å². The molecule has 1 aromatic carbocycles. The number of nitrogens with two attached hydrogens (primary N) is 1. The Morgan fingerprint density at radius 3 is 2.90 bits per heavy atom. The fraction of sp³-hybridized carbons (Fsp3) is 0.529. The molecule has 4 rings (SSSR count). The average molecular weight is 305 g/mol. The first-order chi connectivity index (χ1) is 10.2. The molecule has 0 radical (unpaired) electrons. The lowest BCUT2D eigenvalue weighted by Gasteiger charge is -2.25. The van der Waals surface area contributed by atoms with Gasteiger partial charge in [0.25, 0.3) is 0 Å². The van der Waals surface area contributed by atoms with Gasteiger partial charge in [-0.05, 0) is 55.6 Å². The third-order valence-corrected chi connectivity index (χ3v) is 5.78. The maximum atomic E-state index is 6.19. The van der Waals surface area contributed by atoms with Gasteiger partial charge in [-0.1, -0.05) is 30.2 Å². The predicted molar refractivity (Wildman–Crippen MR) is 84.8 cm³/mol. The summed E-state index contributed by atoms with van der Waals surface area (Å²) >= 11 is 6.19. The molecule has 2 aromatic rings. The van der Waals surface area contributed by atoms with Crippen molar-refractivity contribution in [2.75, 3.05) is 0 Å². The predicted octanol–water partition coefficient (Wildman–Crippen LogP) is 4.42. The van der Waals surface area contributed by atoms with Crippen molar-refractivity contribution < 1.29 is 4.42 Å². The Morgan fingerprint density at radius 1 is 1.33 bits per heavy atom. The summed E-state index contributed by atoms with van der Waals surface area (Å²) in [5.41, 5.74) is 3.71. The number of para-hydroxylation sites is 1. The van der Waals surface area contributed by atoms with Crippen LogP contribution in [-0.4, -0.2) is 0 Å². The number of fused-ring (bicyclic) bond motifs is 3. The van der Waals surface area contributed by atoms with Crippen molar-refractivity contribution in [3.8, 4) is 0 Å². The monoisotopic (exact) mass is 304 g/mol. The van der Waals surface area contributed by atoms with Gasteiger partial charge in [0.15, 0.2) is 5.58 Å². The lowest BCUT2D eigenvalue weighted by Crippen LogP contribution is -2.30. The summed E-state index contributed by atoms with van der Waals surface area (Å²) in [5, 5.41) is 1.71. The van der Waals surface area contributed by atoms with E-state index in [0.29, 0.717) is 5.02 Å². The molecule has 2 bridgehead atoms. The van der Waals surface area contributed by atoms with E-state index in [1.165, 1.54) is 25.7 Å². The number of hydrogen-bond donors (Lipinski definition) is 2. The second-order valence-electron chi connectivity index (χ2n) is 6.70. The molecule has 0 saturated heterocycles. The van der Waals surface area contributed by atoms with E-state index < -0.39 is 0 Å². The number of nitrogens with one attached hydrogen (secondary N) is 1. The average Bonchev–Trinajstić information content (AvgIpc) is 3.19. The molecule has 2 aliphatic rings. The van der Waals surface area contributed by atoms with Gasteiger partial charge in [0.2, 0.25) is 0 Å². The van der Waals surface area contributed by atoms with Gasteiger partial charge in [0, 0.05) is 5.39 Å². The van der Waals surface area contributed by atoms with E-state index >= 15 is 0 Å². The van der Waals surface area contributed by atoms with Gasteiger partial charge in [-0.2, -0.15) is 0 Å². The zero-order chi connectivity index (χ0) is 14.4. The molecule has 1 heterocycles. The summed E-state index contributed by atoms with van der Waals surface area (Å²) in [6.45, 7) is 0. The summed E-state index contributed by atoms with van der Waals surface area (Å²) in [6.07, 6.45) is 6.69. The third-order valence-electron chi connectivity index (χ3n) is 5.48. The lowest BCUT2D eigenvalue weighted by molar-refractivity contribution is 0.266. The van der Waals surface area contributed by atoms with E-state index in [1.807, 2.05) is 18.2 Å².